The number of aryl methyl sites for hydroxylation is 1. The number of hydrogen-bond acceptors (Lipinski definition) is 6. The van der Waals surface area contributed by atoms with Gasteiger partial charge in [0.15, 0.2) is 11.0 Å². The van der Waals surface area contributed by atoms with Gasteiger partial charge >= 0.3 is 6.18 Å². The third kappa shape index (κ3) is 6.12. The number of carbonyl (C=O) groups is 1. The standard InChI is InChI=1S/C24H19F3N6OS/c1-16-2-8-20(9-3-16)33-22(18-10-12-28-13-11-18)31-32-23(33)35-15-21(34)30-29-14-17-4-6-19(7-5-17)24(25,26)27/h2-14H,15H2,1H3,(H,30,34). The zero-order valence-electron chi connectivity index (χ0n) is 18.4. The highest BCUT2D eigenvalue weighted by Crippen LogP contribution is 2.29. The lowest BCUT2D eigenvalue weighted by atomic mass is 10.1. The van der Waals surface area contributed by atoms with Crippen molar-refractivity contribution in [1.29, 1.82) is 0 Å². The van der Waals surface area contributed by atoms with Crippen LogP contribution >= 0.6 is 11.8 Å². The number of hydrogen-bond donors (Lipinski definition) is 1. The Labute approximate surface area is 203 Å². The maximum atomic E-state index is 12.6. The Bertz CT molecular complexity index is 1320. The third-order valence-electron chi connectivity index (χ3n) is 4.84. The second-order valence-electron chi connectivity index (χ2n) is 7.41. The molecule has 0 unspecified atom stereocenters. The summed E-state index contributed by atoms with van der Waals surface area (Å²) in [5, 5.41) is 12.9. The second-order valence-corrected chi connectivity index (χ2v) is 8.36. The van der Waals surface area contributed by atoms with E-state index in [1.165, 1.54) is 30.1 Å². The zero-order valence-corrected chi connectivity index (χ0v) is 19.2. The summed E-state index contributed by atoms with van der Waals surface area (Å²) in [6.07, 6.45) is 0.202. The smallest absolute Gasteiger partial charge is 0.272 e. The number of carbonyl (C=O) groups excluding carboxylic acids is 1. The lowest BCUT2D eigenvalue weighted by Gasteiger charge is -2.10. The van der Waals surface area contributed by atoms with Gasteiger partial charge in [-0.25, -0.2) is 5.43 Å². The summed E-state index contributed by atoms with van der Waals surface area (Å²) in [6.45, 7) is 1.99. The van der Waals surface area contributed by atoms with Crippen LogP contribution in [0.5, 0.6) is 0 Å². The van der Waals surface area contributed by atoms with Gasteiger partial charge in [0, 0.05) is 23.6 Å². The predicted octanol–water partition coefficient (Wildman–Crippen LogP) is 4.90. The van der Waals surface area contributed by atoms with E-state index in [0.29, 0.717) is 16.5 Å². The van der Waals surface area contributed by atoms with E-state index in [-0.39, 0.29) is 5.75 Å². The largest absolute Gasteiger partial charge is 0.416 e. The molecule has 11 heteroatoms. The number of halogens is 3. The number of benzene rings is 2. The highest BCUT2D eigenvalue weighted by atomic mass is 32.2. The second kappa shape index (κ2) is 10.5. The summed E-state index contributed by atoms with van der Waals surface area (Å²) < 4.78 is 39.8. The van der Waals surface area contributed by atoms with Gasteiger partial charge in [-0.1, -0.05) is 41.6 Å². The molecule has 0 aliphatic heterocycles. The molecule has 4 aromatic rings. The number of rotatable bonds is 7. The van der Waals surface area contributed by atoms with Gasteiger partial charge in [-0.2, -0.15) is 18.3 Å². The van der Waals surface area contributed by atoms with E-state index >= 15 is 0 Å². The Balaban J connectivity index is 1.44. The molecule has 0 aliphatic rings. The van der Waals surface area contributed by atoms with Crippen LogP contribution in [0.2, 0.25) is 0 Å². The van der Waals surface area contributed by atoms with Gasteiger partial charge in [0.2, 0.25) is 0 Å². The zero-order chi connectivity index (χ0) is 24.8. The van der Waals surface area contributed by atoms with Crippen molar-refractivity contribution in [3.63, 3.8) is 0 Å². The number of alkyl halides is 3. The summed E-state index contributed by atoms with van der Waals surface area (Å²) in [6, 6.07) is 16.0. The first-order valence-electron chi connectivity index (χ1n) is 10.4. The predicted molar refractivity (Wildman–Crippen MR) is 127 cm³/mol. The molecule has 2 aromatic heterocycles. The van der Waals surface area contributed by atoms with Crippen LogP contribution in [0.3, 0.4) is 0 Å². The summed E-state index contributed by atoms with van der Waals surface area (Å²) in [4.78, 5) is 16.3. The summed E-state index contributed by atoms with van der Waals surface area (Å²) in [5.74, 6) is 0.214. The number of nitrogens with zero attached hydrogens (tertiary/aromatic N) is 5. The minimum atomic E-state index is -4.41. The van der Waals surface area contributed by atoms with Crippen molar-refractivity contribution in [3.05, 3.63) is 89.7 Å². The van der Waals surface area contributed by atoms with Crippen LogP contribution in [0.4, 0.5) is 13.2 Å². The van der Waals surface area contributed by atoms with E-state index in [2.05, 4.69) is 25.7 Å². The molecule has 7 nitrogen and oxygen atoms in total. The van der Waals surface area contributed by atoms with Crippen molar-refractivity contribution < 1.29 is 18.0 Å². The van der Waals surface area contributed by atoms with Gasteiger partial charge in [0.25, 0.3) is 5.91 Å². The molecule has 178 valence electrons. The van der Waals surface area contributed by atoms with Crippen LogP contribution in [0, 0.1) is 6.92 Å². The van der Waals surface area contributed by atoms with Gasteiger partial charge in [-0.15, -0.1) is 10.2 Å². The van der Waals surface area contributed by atoms with Gasteiger partial charge in [-0.05, 0) is 48.9 Å². The average molecular weight is 497 g/mol. The molecule has 1 N–H and O–H groups in total. The number of pyridine rings is 1. The first-order chi connectivity index (χ1) is 16.8. The number of amides is 1. The minimum absolute atomic E-state index is 0.00465. The average Bonchev–Trinajstić information content (AvgIpc) is 3.27. The minimum Gasteiger partial charge on any atom is -0.272 e. The van der Waals surface area contributed by atoms with E-state index in [1.807, 2.05) is 47.9 Å². The Morgan fingerprint density at radius 2 is 1.71 bits per heavy atom. The maximum absolute atomic E-state index is 12.6. The van der Waals surface area contributed by atoms with E-state index in [1.54, 1.807) is 12.4 Å². The number of nitrogens with one attached hydrogen (secondary N) is 1. The third-order valence-corrected chi connectivity index (χ3v) is 5.77. The summed E-state index contributed by atoms with van der Waals surface area (Å²) >= 11 is 1.18. The molecule has 4 rings (SSSR count). The fourth-order valence-corrected chi connectivity index (χ4v) is 3.82. The van der Waals surface area contributed by atoms with Gasteiger partial charge in [0.1, 0.15) is 0 Å². The van der Waals surface area contributed by atoms with Crippen molar-refractivity contribution in [2.75, 3.05) is 5.75 Å². The Morgan fingerprint density at radius 3 is 2.37 bits per heavy atom. The fourth-order valence-electron chi connectivity index (χ4n) is 3.08. The Hall–Kier alpha value is -3.99. The molecule has 1 amide bonds. The van der Waals surface area contributed by atoms with E-state index in [9.17, 15) is 18.0 Å². The fraction of sp³-hybridized carbons (Fsp3) is 0.125. The molecule has 2 aromatic carbocycles. The highest BCUT2D eigenvalue weighted by Gasteiger charge is 2.29. The van der Waals surface area contributed by atoms with Crippen LogP contribution in [-0.4, -0.2) is 37.6 Å². The maximum Gasteiger partial charge on any atom is 0.416 e. The monoisotopic (exact) mass is 496 g/mol. The number of thioether (sulfide) groups is 1. The molecule has 0 aliphatic carbocycles. The quantitative estimate of drug-likeness (QED) is 0.224. The Kier molecular flexibility index (Phi) is 7.25. The van der Waals surface area contributed by atoms with Crippen LogP contribution in [-0.2, 0) is 11.0 Å². The van der Waals surface area contributed by atoms with Crippen LogP contribution < -0.4 is 5.43 Å². The van der Waals surface area contributed by atoms with Crippen LogP contribution in [0.15, 0.2) is 83.3 Å². The molecular weight excluding hydrogens is 477 g/mol. The number of hydrazone groups is 1. The molecule has 35 heavy (non-hydrogen) atoms. The molecule has 0 saturated carbocycles. The van der Waals surface area contributed by atoms with Crippen molar-refractivity contribution in [2.45, 2.75) is 18.3 Å². The molecule has 0 atom stereocenters. The molecule has 0 bridgehead atoms. The number of aromatic nitrogens is 4. The normalized spacial score (nSPS) is 11.7. The van der Waals surface area contributed by atoms with Gasteiger partial charge in [-0.3, -0.25) is 14.3 Å². The van der Waals surface area contributed by atoms with Gasteiger partial charge in [0.05, 0.1) is 17.5 Å². The van der Waals surface area contributed by atoms with Crippen molar-refractivity contribution >= 4 is 23.9 Å². The first-order valence-corrected chi connectivity index (χ1v) is 11.3. The topological polar surface area (TPSA) is 85.1 Å². The van der Waals surface area contributed by atoms with E-state index < -0.39 is 17.6 Å². The van der Waals surface area contributed by atoms with Crippen molar-refractivity contribution in [1.82, 2.24) is 25.2 Å². The lowest BCUT2D eigenvalue weighted by Crippen LogP contribution is -2.20. The van der Waals surface area contributed by atoms with E-state index in [0.717, 1.165) is 28.9 Å². The molecular formula is C24H19F3N6OS. The lowest BCUT2D eigenvalue weighted by molar-refractivity contribution is -0.137. The molecule has 0 spiro atoms. The Morgan fingerprint density at radius 1 is 1.03 bits per heavy atom. The first kappa shape index (κ1) is 24.1. The van der Waals surface area contributed by atoms with E-state index in [4.69, 9.17) is 0 Å². The van der Waals surface area contributed by atoms with Crippen LogP contribution in [0.25, 0.3) is 17.1 Å². The highest BCUT2D eigenvalue weighted by molar-refractivity contribution is 7.99. The molecule has 2 heterocycles. The van der Waals surface area contributed by atoms with Crippen LogP contribution in [0.1, 0.15) is 16.7 Å². The molecule has 0 radical (unpaired) electrons. The summed E-state index contributed by atoms with van der Waals surface area (Å²) in [5.41, 5.74) is 4.82. The van der Waals surface area contributed by atoms with Crippen molar-refractivity contribution in [2.24, 2.45) is 5.10 Å². The molecule has 0 fully saturated rings. The summed E-state index contributed by atoms with van der Waals surface area (Å²) in [7, 11) is 0. The van der Waals surface area contributed by atoms with Crippen molar-refractivity contribution in [3.8, 4) is 17.1 Å². The van der Waals surface area contributed by atoms with Gasteiger partial charge < -0.3 is 0 Å². The SMILES string of the molecule is Cc1ccc(-n2c(SCC(=O)NN=Cc3ccc(C(F)(F)F)cc3)nnc2-c2ccncc2)cc1. The molecule has 0 saturated heterocycles.